The van der Waals surface area contributed by atoms with E-state index in [1.165, 1.54) is 5.56 Å². The molecule has 1 aromatic rings. The van der Waals surface area contributed by atoms with Crippen molar-refractivity contribution in [1.29, 1.82) is 0 Å². The summed E-state index contributed by atoms with van der Waals surface area (Å²) in [5.41, 5.74) is 1.66. The summed E-state index contributed by atoms with van der Waals surface area (Å²) in [5, 5.41) is 11.7. The average molecular weight is 376 g/mol. The normalized spacial score (nSPS) is 15.3. The molecule has 7 nitrogen and oxygen atoms in total. The number of rotatable bonds is 5. The Kier molecular flexibility index (Phi) is 6.82. The molecule has 1 heterocycles. The van der Waals surface area contributed by atoms with Crippen molar-refractivity contribution in [3.05, 3.63) is 35.4 Å². The molecule has 1 aliphatic rings. The molecule has 0 fully saturated rings. The maximum absolute atomic E-state index is 12.6. The van der Waals surface area contributed by atoms with E-state index in [0.29, 0.717) is 13.1 Å². The maximum Gasteiger partial charge on any atom is 0.408 e. The van der Waals surface area contributed by atoms with Crippen LogP contribution in [0, 0.1) is 0 Å². The Bertz CT molecular complexity index is 696. The van der Waals surface area contributed by atoms with Crippen LogP contribution in [0.1, 0.15) is 51.2 Å². The minimum absolute atomic E-state index is 0.0194. The first-order chi connectivity index (χ1) is 12.7. The number of carboxylic acids is 1. The van der Waals surface area contributed by atoms with Crippen LogP contribution in [0.25, 0.3) is 0 Å². The number of carboxylic acid groups (broad SMARTS) is 1. The smallest absolute Gasteiger partial charge is 0.408 e. The number of carbonyl (C=O) groups is 3. The summed E-state index contributed by atoms with van der Waals surface area (Å²) in [6.07, 6.45) is 1.07. The van der Waals surface area contributed by atoms with Crippen LogP contribution in [-0.4, -0.2) is 46.2 Å². The van der Waals surface area contributed by atoms with E-state index in [1.807, 2.05) is 18.2 Å². The highest BCUT2D eigenvalue weighted by Gasteiger charge is 2.26. The Labute approximate surface area is 159 Å². The van der Waals surface area contributed by atoms with Crippen LogP contribution in [0.5, 0.6) is 0 Å². The van der Waals surface area contributed by atoms with Gasteiger partial charge in [0.05, 0.1) is 0 Å². The van der Waals surface area contributed by atoms with Gasteiger partial charge in [0.1, 0.15) is 11.6 Å². The van der Waals surface area contributed by atoms with Gasteiger partial charge in [-0.15, -0.1) is 0 Å². The SMILES string of the molecule is CC(C)(C)OC(=O)N[C@@H](CCC(=O)N1CCCc2ccccc2C1)C(=O)O. The minimum atomic E-state index is -1.19. The van der Waals surface area contributed by atoms with Gasteiger partial charge in [-0.3, -0.25) is 4.79 Å². The monoisotopic (exact) mass is 376 g/mol. The van der Waals surface area contributed by atoms with Crippen LogP contribution in [0.2, 0.25) is 0 Å². The number of benzene rings is 1. The average Bonchev–Trinajstić information content (AvgIpc) is 2.78. The van der Waals surface area contributed by atoms with Gasteiger partial charge in [0, 0.05) is 19.5 Å². The first-order valence-corrected chi connectivity index (χ1v) is 9.22. The van der Waals surface area contributed by atoms with Gasteiger partial charge in [-0.2, -0.15) is 0 Å². The molecule has 1 aromatic carbocycles. The second-order valence-electron chi connectivity index (χ2n) is 7.76. The lowest BCUT2D eigenvalue weighted by atomic mass is 10.0. The summed E-state index contributed by atoms with van der Waals surface area (Å²) in [6.45, 7) is 6.27. The molecule has 0 saturated heterocycles. The number of hydrogen-bond acceptors (Lipinski definition) is 4. The fourth-order valence-electron chi connectivity index (χ4n) is 3.05. The van der Waals surface area contributed by atoms with Crippen molar-refractivity contribution in [2.75, 3.05) is 6.54 Å². The van der Waals surface area contributed by atoms with Crippen LogP contribution >= 0.6 is 0 Å². The molecule has 0 unspecified atom stereocenters. The second-order valence-corrected chi connectivity index (χ2v) is 7.76. The van der Waals surface area contributed by atoms with Crippen LogP contribution in [0.4, 0.5) is 4.79 Å². The number of fused-ring (bicyclic) bond motifs is 1. The molecule has 148 valence electrons. The van der Waals surface area contributed by atoms with E-state index in [-0.39, 0.29) is 18.7 Å². The topological polar surface area (TPSA) is 95.9 Å². The van der Waals surface area contributed by atoms with Crippen molar-refractivity contribution in [3.63, 3.8) is 0 Å². The number of hydrogen-bond donors (Lipinski definition) is 2. The van der Waals surface area contributed by atoms with E-state index in [4.69, 9.17) is 4.74 Å². The van der Waals surface area contributed by atoms with Crippen molar-refractivity contribution >= 4 is 18.0 Å². The molecule has 2 amide bonds. The third kappa shape index (κ3) is 6.58. The second kappa shape index (κ2) is 8.88. The molecule has 1 atom stereocenters. The Hall–Kier alpha value is -2.57. The quantitative estimate of drug-likeness (QED) is 0.824. The summed E-state index contributed by atoms with van der Waals surface area (Å²) in [7, 11) is 0. The summed E-state index contributed by atoms with van der Waals surface area (Å²) in [5.74, 6) is -1.29. The van der Waals surface area contributed by atoms with Gasteiger partial charge in [0.25, 0.3) is 0 Å². The van der Waals surface area contributed by atoms with Gasteiger partial charge in [-0.05, 0) is 51.2 Å². The molecule has 27 heavy (non-hydrogen) atoms. The Morgan fingerprint density at radius 1 is 1.22 bits per heavy atom. The van der Waals surface area contributed by atoms with Crippen molar-refractivity contribution in [1.82, 2.24) is 10.2 Å². The highest BCUT2D eigenvalue weighted by molar-refractivity contribution is 5.82. The lowest BCUT2D eigenvalue weighted by Gasteiger charge is -2.23. The molecule has 0 bridgehead atoms. The highest BCUT2D eigenvalue weighted by Crippen LogP contribution is 2.19. The highest BCUT2D eigenvalue weighted by atomic mass is 16.6. The zero-order valence-electron chi connectivity index (χ0n) is 16.2. The third-order valence-corrected chi connectivity index (χ3v) is 4.34. The van der Waals surface area contributed by atoms with Gasteiger partial charge < -0.3 is 20.1 Å². The fourth-order valence-corrected chi connectivity index (χ4v) is 3.05. The molecule has 0 aromatic heterocycles. The molecule has 7 heteroatoms. The minimum Gasteiger partial charge on any atom is -0.480 e. The Balaban J connectivity index is 1.92. The lowest BCUT2D eigenvalue weighted by Crippen LogP contribution is -2.44. The molecule has 0 radical (unpaired) electrons. The molecule has 2 rings (SSSR count). The van der Waals surface area contributed by atoms with E-state index in [2.05, 4.69) is 11.4 Å². The summed E-state index contributed by atoms with van der Waals surface area (Å²) in [6, 6.07) is 6.89. The molecular weight excluding hydrogens is 348 g/mol. The maximum atomic E-state index is 12.6. The molecule has 0 aliphatic carbocycles. The summed E-state index contributed by atoms with van der Waals surface area (Å²) >= 11 is 0. The zero-order chi connectivity index (χ0) is 20.0. The first-order valence-electron chi connectivity index (χ1n) is 9.22. The van der Waals surface area contributed by atoms with Gasteiger partial charge >= 0.3 is 12.1 Å². The van der Waals surface area contributed by atoms with Crippen LogP contribution in [-0.2, 0) is 27.3 Å². The van der Waals surface area contributed by atoms with Crippen LogP contribution in [0.15, 0.2) is 24.3 Å². The standard InChI is InChI=1S/C20H28N2O5/c1-20(2,3)27-19(26)21-16(18(24)25)10-11-17(23)22-12-6-9-14-7-4-5-8-15(14)13-22/h4-5,7-8,16H,6,9-13H2,1-3H3,(H,21,26)(H,24,25)/t16-/m0/s1. The number of aryl methyl sites for hydroxylation is 1. The summed E-state index contributed by atoms with van der Waals surface area (Å²) < 4.78 is 5.09. The van der Waals surface area contributed by atoms with E-state index in [0.717, 1.165) is 18.4 Å². The van der Waals surface area contributed by atoms with Crippen LogP contribution < -0.4 is 5.32 Å². The number of carbonyl (C=O) groups excluding carboxylic acids is 2. The van der Waals surface area contributed by atoms with Crippen molar-refractivity contribution < 1.29 is 24.2 Å². The number of ether oxygens (including phenoxy) is 1. The van der Waals surface area contributed by atoms with E-state index >= 15 is 0 Å². The molecule has 2 N–H and O–H groups in total. The zero-order valence-corrected chi connectivity index (χ0v) is 16.2. The van der Waals surface area contributed by atoms with Crippen molar-refractivity contribution in [2.45, 2.75) is 64.6 Å². The van der Waals surface area contributed by atoms with Crippen molar-refractivity contribution in [2.24, 2.45) is 0 Å². The Morgan fingerprint density at radius 2 is 1.89 bits per heavy atom. The number of amides is 2. The molecule has 1 aliphatic heterocycles. The molecule has 0 saturated carbocycles. The van der Waals surface area contributed by atoms with Gasteiger partial charge in [0.2, 0.25) is 5.91 Å². The molecular formula is C20H28N2O5. The van der Waals surface area contributed by atoms with E-state index in [1.54, 1.807) is 25.7 Å². The third-order valence-electron chi connectivity index (χ3n) is 4.34. The van der Waals surface area contributed by atoms with Crippen molar-refractivity contribution in [3.8, 4) is 0 Å². The Morgan fingerprint density at radius 3 is 2.52 bits per heavy atom. The number of alkyl carbamates (subject to hydrolysis) is 1. The largest absolute Gasteiger partial charge is 0.480 e. The molecule has 0 spiro atoms. The van der Waals surface area contributed by atoms with Gasteiger partial charge in [-0.1, -0.05) is 24.3 Å². The number of nitrogens with zero attached hydrogens (tertiary/aromatic N) is 1. The predicted octanol–water partition coefficient (Wildman–Crippen LogP) is 2.72. The number of aliphatic carboxylic acids is 1. The summed E-state index contributed by atoms with van der Waals surface area (Å²) in [4.78, 5) is 37.6. The van der Waals surface area contributed by atoms with E-state index in [9.17, 15) is 19.5 Å². The van der Waals surface area contributed by atoms with E-state index < -0.39 is 23.7 Å². The number of nitrogens with one attached hydrogen (secondary N) is 1. The van der Waals surface area contributed by atoms with Gasteiger partial charge in [0.15, 0.2) is 0 Å². The first kappa shape index (κ1) is 20.7. The predicted molar refractivity (Wildman–Crippen MR) is 100 cm³/mol. The van der Waals surface area contributed by atoms with Gasteiger partial charge in [-0.25, -0.2) is 9.59 Å². The lowest BCUT2D eigenvalue weighted by molar-refractivity contribution is -0.140. The fraction of sp³-hybridized carbons (Fsp3) is 0.550. The van der Waals surface area contributed by atoms with Crippen LogP contribution in [0.3, 0.4) is 0 Å².